The third-order valence-electron chi connectivity index (χ3n) is 2.45. The third-order valence-corrected chi connectivity index (χ3v) is 3.92. The number of aliphatic hydroxyl groups excluding tert-OH is 1. The summed E-state index contributed by atoms with van der Waals surface area (Å²) < 4.78 is 43.8. The molecular formula is C11H14FNO6S. The van der Waals surface area contributed by atoms with Crippen molar-refractivity contribution in [1.82, 2.24) is 4.72 Å². The van der Waals surface area contributed by atoms with Gasteiger partial charge in [0.25, 0.3) is 0 Å². The summed E-state index contributed by atoms with van der Waals surface area (Å²) in [5.41, 5.74) is 0. The molecule has 0 spiro atoms. The van der Waals surface area contributed by atoms with Crippen LogP contribution in [0.2, 0.25) is 0 Å². The van der Waals surface area contributed by atoms with Gasteiger partial charge >= 0.3 is 5.97 Å². The van der Waals surface area contributed by atoms with Crippen LogP contribution in [0.3, 0.4) is 0 Å². The van der Waals surface area contributed by atoms with Crippen molar-refractivity contribution < 1.29 is 32.6 Å². The maximum Gasteiger partial charge on any atom is 0.321 e. The van der Waals surface area contributed by atoms with Crippen LogP contribution in [0.15, 0.2) is 23.1 Å². The van der Waals surface area contributed by atoms with Gasteiger partial charge in [0.05, 0.1) is 12.0 Å². The van der Waals surface area contributed by atoms with Gasteiger partial charge in [-0.3, -0.25) is 4.79 Å². The van der Waals surface area contributed by atoms with E-state index in [-0.39, 0.29) is 12.2 Å². The van der Waals surface area contributed by atoms with Crippen molar-refractivity contribution in [2.45, 2.75) is 17.4 Å². The van der Waals surface area contributed by atoms with Gasteiger partial charge in [0.15, 0.2) is 11.6 Å². The highest BCUT2D eigenvalue weighted by Gasteiger charge is 2.25. The van der Waals surface area contributed by atoms with Crippen LogP contribution in [0.1, 0.15) is 6.42 Å². The number of sulfonamides is 1. The topological polar surface area (TPSA) is 113 Å². The highest BCUT2D eigenvalue weighted by atomic mass is 32.2. The van der Waals surface area contributed by atoms with Gasteiger partial charge in [0.2, 0.25) is 10.0 Å². The van der Waals surface area contributed by atoms with E-state index >= 15 is 0 Å². The second-order valence-electron chi connectivity index (χ2n) is 3.82. The average molecular weight is 307 g/mol. The maximum absolute atomic E-state index is 13.5. The number of hydrogen-bond acceptors (Lipinski definition) is 5. The highest BCUT2D eigenvalue weighted by Crippen LogP contribution is 2.20. The number of hydrogen-bond donors (Lipinski definition) is 3. The number of ether oxygens (including phenoxy) is 1. The Labute approximate surface area is 115 Å². The third kappa shape index (κ3) is 3.89. The number of nitrogens with one attached hydrogen (secondary N) is 1. The first-order valence-electron chi connectivity index (χ1n) is 5.51. The molecule has 0 fully saturated rings. The van der Waals surface area contributed by atoms with Gasteiger partial charge in [0.1, 0.15) is 6.04 Å². The molecule has 0 saturated heterocycles. The fourth-order valence-electron chi connectivity index (χ4n) is 1.43. The zero-order valence-electron chi connectivity index (χ0n) is 10.5. The van der Waals surface area contributed by atoms with E-state index in [0.29, 0.717) is 0 Å². The Morgan fingerprint density at radius 1 is 1.50 bits per heavy atom. The molecule has 0 bridgehead atoms. The molecular weight excluding hydrogens is 293 g/mol. The lowest BCUT2D eigenvalue weighted by Gasteiger charge is -2.14. The molecule has 1 rings (SSSR count). The van der Waals surface area contributed by atoms with Crippen LogP contribution in [0, 0.1) is 5.82 Å². The molecule has 1 atom stereocenters. The molecule has 0 aromatic heterocycles. The molecule has 3 N–H and O–H groups in total. The number of aliphatic carboxylic acids is 1. The number of benzene rings is 1. The number of methoxy groups -OCH3 is 1. The quantitative estimate of drug-likeness (QED) is 0.651. The molecule has 9 heteroatoms. The monoisotopic (exact) mass is 307 g/mol. The molecule has 1 aromatic carbocycles. The summed E-state index contributed by atoms with van der Waals surface area (Å²) in [6.07, 6.45) is -0.298. The van der Waals surface area contributed by atoms with Crippen LogP contribution in [-0.4, -0.2) is 44.4 Å². The van der Waals surface area contributed by atoms with Crippen molar-refractivity contribution in [3.63, 3.8) is 0 Å². The summed E-state index contributed by atoms with van der Waals surface area (Å²) in [5.74, 6) is -2.45. The number of aliphatic hydroxyl groups is 1. The Morgan fingerprint density at radius 3 is 2.60 bits per heavy atom. The van der Waals surface area contributed by atoms with Crippen LogP contribution in [0.4, 0.5) is 4.39 Å². The number of carboxylic acids is 1. The van der Waals surface area contributed by atoms with Gasteiger partial charge < -0.3 is 14.9 Å². The van der Waals surface area contributed by atoms with E-state index in [2.05, 4.69) is 4.74 Å². The molecule has 7 nitrogen and oxygen atoms in total. The van der Waals surface area contributed by atoms with Crippen LogP contribution < -0.4 is 9.46 Å². The largest absolute Gasteiger partial charge is 0.494 e. The van der Waals surface area contributed by atoms with E-state index in [1.54, 1.807) is 0 Å². The van der Waals surface area contributed by atoms with E-state index in [1.165, 1.54) is 7.11 Å². The first kappa shape index (κ1) is 16.3. The Bertz CT molecular complexity index is 589. The fourth-order valence-corrected chi connectivity index (χ4v) is 2.67. The van der Waals surface area contributed by atoms with E-state index in [1.807, 2.05) is 4.72 Å². The van der Waals surface area contributed by atoms with Crippen molar-refractivity contribution in [2.75, 3.05) is 13.7 Å². The van der Waals surface area contributed by atoms with Gasteiger partial charge in [0, 0.05) is 6.61 Å². The molecule has 0 unspecified atom stereocenters. The van der Waals surface area contributed by atoms with Gasteiger partial charge in [-0.15, -0.1) is 0 Å². The molecule has 1 aromatic rings. The summed E-state index contributed by atoms with van der Waals surface area (Å²) in [4.78, 5) is 10.4. The summed E-state index contributed by atoms with van der Waals surface area (Å²) in [6, 6.07) is 1.43. The predicted octanol–water partition coefficient (Wildman–Crippen LogP) is -0.0518. The van der Waals surface area contributed by atoms with Gasteiger partial charge in [-0.05, 0) is 24.6 Å². The predicted molar refractivity (Wildman–Crippen MR) is 66.4 cm³/mol. The first-order chi connectivity index (χ1) is 9.31. The molecule has 0 saturated carbocycles. The van der Waals surface area contributed by atoms with E-state index in [9.17, 15) is 17.6 Å². The lowest BCUT2D eigenvalue weighted by molar-refractivity contribution is -0.139. The molecule has 0 amide bonds. The smallest absolute Gasteiger partial charge is 0.321 e. The molecule has 20 heavy (non-hydrogen) atoms. The van der Waals surface area contributed by atoms with Crippen LogP contribution in [0.25, 0.3) is 0 Å². The summed E-state index contributed by atoms with van der Waals surface area (Å²) in [6.45, 7) is -0.504. The number of halogens is 1. The van der Waals surface area contributed by atoms with Crippen LogP contribution in [0.5, 0.6) is 5.75 Å². The zero-order chi connectivity index (χ0) is 15.3. The molecule has 0 aliphatic heterocycles. The minimum atomic E-state index is -4.21. The number of carboxylic acid groups (broad SMARTS) is 1. The molecule has 0 aliphatic carbocycles. The SMILES string of the molecule is COc1ccc(S(=O)(=O)N[C@@H](CCO)C(=O)O)cc1F. The first-order valence-corrected chi connectivity index (χ1v) is 6.99. The second-order valence-corrected chi connectivity index (χ2v) is 5.53. The van der Waals surface area contributed by atoms with Crippen molar-refractivity contribution in [2.24, 2.45) is 0 Å². The van der Waals surface area contributed by atoms with E-state index < -0.39 is 39.4 Å². The number of rotatable bonds is 7. The lowest BCUT2D eigenvalue weighted by Crippen LogP contribution is -2.41. The van der Waals surface area contributed by atoms with Gasteiger partial charge in [-0.1, -0.05) is 0 Å². The Morgan fingerprint density at radius 2 is 2.15 bits per heavy atom. The lowest BCUT2D eigenvalue weighted by atomic mass is 10.2. The Hall–Kier alpha value is -1.71. The zero-order valence-corrected chi connectivity index (χ0v) is 11.4. The number of carbonyl (C=O) groups is 1. The van der Waals surface area contributed by atoms with Crippen LogP contribution >= 0.6 is 0 Å². The Balaban J connectivity index is 3.04. The van der Waals surface area contributed by atoms with Crippen molar-refractivity contribution >= 4 is 16.0 Å². The van der Waals surface area contributed by atoms with Crippen molar-refractivity contribution in [3.8, 4) is 5.75 Å². The fraction of sp³-hybridized carbons (Fsp3) is 0.364. The maximum atomic E-state index is 13.5. The summed E-state index contributed by atoms with van der Waals surface area (Å²) in [5, 5.41) is 17.5. The van der Waals surface area contributed by atoms with Gasteiger partial charge in [-0.25, -0.2) is 12.8 Å². The molecule has 0 aliphatic rings. The molecule has 112 valence electrons. The minimum absolute atomic E-state index is 0.130. The summed E-state index contributed by atoms with van der Waals surface area (Å²) in [7, 11) is -2.98. The minimum Gasteiger partial charge on any atom is -0.494 e. The van der Waals surface area contributed by atoms with E-state index in [4.69, 9.17) is 10.2 Å². The Kier molecular flexibility index (Phi) is 5.43. The standard InChI is InChI=1S/C11H14FNO6S/c1-19-10-3-2-7(6-8(10)12)20(17,18)13-9(4-5-14)11(15)16/h2-3,6,9,13-14H,4-5H2,1H3,(H,15,16)/t9-/m0/s1. The van der Waals surface area contributed by atoms with Gasteiger partial charge in [-0.2, -0.15) is 4.72 Å². The average Bonchev–Trinajstić information content (AvgIpc) is 2.37. The molecule has 0 heterocycles. The van der Waals surface area contributed by atoms with Crippen molar-refractivity contribution in [3.05, 3.63) is 24.0 Å². The van der Waals surface area contributed by atoms with Crippen molar-refractivity contribution in [1.29, 1.82) is 0 Å². The summed E-state index contributed by atoms with van der Waals surface area (Å²) >= 11 is 0. The second kappa shape index (κ2) is 6.64. The molecule has 0 radical (unpaired) electrons. The van der Waals surface area contributed by atoms with E-state index in [0.717, 1.165) is 18.2 Å². The highest BCUT2D eigenvalue weighted by molar-refractivity contribution is 7.89. The normalized spacial score (nSPS) is 12.9. The van der Waals surface area contributed by atoms with Crippen LogP contribution in [-0.2, 0) is 14.8 Å².